The second-order valence-electron chi connectivity index (χ2n) is 3.09. The number of likely N-dealkylation sites (N-methyl/N-ethyl adjacent to an activating group) is 1. The Balaban J connectivity index is 2.72. The van der Waals surface area contributed by atoms with Gasteiger partial charge < -0.3 is 5.32 Å². The van der Waals surface area contributed by atoms with Crippen LogP contribution in [0.2, 0.25) is 0 Å². The molecule has 0 aromatic heterocycles. The highest BCUT2D eigenvalue weighted by molar-refractivity contribution is 7.91. The molecule has 1 rings (SSSR count). The number of nitrogens with zero attached hydrogens (tertiary/aromatic N) is 1. The van der Waals surface area contributed by atoms with Crippen LogP contribution in [0, 0.1) is 0 Å². The average molecular weight is 192 g/mol. The molecule has 1 saturated heterocycles. The highest BCUT2D eigenvalue weighted by Gasteiger charge is 2.29. The maximum absolute atomic E-state index is 11.5. The predicted molar refractivity (Wildman–Crippen MR) is 48.7 cm³/mol. The van der Waals surface area contributed by atoms with Crippen LogP contribution < -0.4 is 5.32 Å². The third kappa shape index (κ3) is 1.97. The molecular weight excluding hydrogens is 176 g/mol. The lowest BCUT2D eigenvalue weighted by Gasteiger charge is -2.32. The molecule has 0 aromatic carbocycles. The Hall–Kier alpha value is -0.130. The van der Waals surface area contributed by atoms with Crippen molar-refractivity contribution in [1.29, 1.82) is 0 Å². The van der Waals surface area contributed by atoms with E-state index in [9.17, 15) is 8.42 Å². The molecule has 0 amide bonds. The SMILES string of the molecule is CCS(=O)(=O)C1CNCCN1C. The van der Waals surface area contributed by atoms with Gasteiger partial charge in [0.25, 0.3) is 0 Å². The summed E-state index contributed by atoms with van der Waals surface area (Å²) in [7, 11) is -1.05. The van der Waals surface area contributed by atoms with Gasteiger partial charge >= 0.3 is 0 Å². The topological polar surface area (TPSA) is 49.4 Å². The van der Waals surface area contributed by atoms with Crippen LogP contribution in [-0.2, 0) is 9.84 Å². The zero-order valence-corrected chi connectivity index (χ0v) is 8.39. The molecule has 0 radical (unpaired) electrons. The molecular formula is C7H16N2O2S. The lowest BCUT2D eigenvalue weighted by molar-refractivity contribution is 0.255. The molecule has 0 saturated carbocycles. The van der Waals surface area contributed by atoms with Crippen molar-refractivity contribution in [2.45, 2.75) is 12.3 Å². The maximum Gasteiger partial charge on any atom is 0.167 e. The zero-order chi connectivity index (χ0) is 9.19. The Morgan fingerprint density at radius 1 is 1.58 bits per heavy atom. The molecule has 4 nitrogen and oxygen atoms in total. The second-order valence-corrected chi connectivity index (χ2v) is 5.54. The van der Waals surface area contributed by atoms with Crippen molar-refractivity contribution in [2.24, 2.45) is 0 Å². The van der Waals surface area contributed by atoms with Gasteiger partial charge in [-0.05, 0) is 7.05 Å². The van der Waals surface area contributed by atoms with Gasteiger partial charge in [0.2, 0.25) is 0 Å². The molecule has 1 atom stereocenters. The minimum absolute atomic E-state index is 0.226. The fourth-order valence-electron chi connectivity index (χ4n) is 1.37. The first-order chi connectivity index (χ1) is 5.58. The van der Waals surface area contributed by atoms with Crippen LogP contribution in [0.1, 0.15) is 6.92 Å². The number of sulfone groups is 1. The Morgan fingerprint density at radius 2 is 2.25 bits per heavy atom. The summed E-state index contributed by atoms with van der Waals surface area (Å²) in [4.78, 5) is 1.90. The predicted octanol–water partition coefficient (Wildman–Crippen LogP) is -0.718. The van der Waals surface area contributed by atoms with Crippen molar-refractivity contribution < 1.29 is 8.42 Å². The van der Waals surface area contributed by atoms with E-state index in [2.05, 4.69) is 5.32 Å². The minimum atomic E-state index is -2.91. The largest absolute Gasteiger partial charge is 0.313 e. The Kier molecular flexibility index (Phi) is 3.09. The van der Waals surface area contributed by atoms with E-state index >= 15 is 0 Å². The molecule has 0 spiro atoms. The molecule has 1 aliphatic rings. The third-order valence-electron chi connectivity index (χ3n) is 2.27. The van der Waals surface area contributed by atoms with E-state index in [-0.39, 0.29) is 11.1 Å². The van der Waals surface area contributed by atoms with Crippen molar-refractivity contribution in [3.05, 3.63) is 0 Å². The van der Waals surface area contributed by atoms with Crippen LogP contribution in [0.15, 0.2) is 0 Å². The Morgan fingerprint density at radius 3 is 2.75 bits per heavy atom. The van der Waals surface area contributed by atoms with Crippen LogP contribution in [0.4, 0.5) is 0 Å². The van der Waals surface area contributed by atoms with E-state index in [4.69, 9.17) is 0 Å². The average Bonchev–Trinajstić information content (AvgIpc) is 2.05. The summed E-state index contributed by atoms with van der Waals surface area (Å²) in [6, 6.07) is 0. The number of hydrogen-bond acceptors (Lipinski definition) is 4. The number of piperazine rings is 1. The van der Waals surface area contributed by atoms with Crippen LogP contribution in [0.25, 0.3) is 0 Å². The van der Waals surface area contributed by atoms with Crippen LogP contribution >= 0.6 is 0 Å². The summed E-state index contributed by atoms with van der Waals surface area (Å²) in [5, 5.41) is 2.76. The quantitative estimate of drug-likeness (QED) is 0.627. The molecule has 0 aromatic rings. The van der Waals surface area contributed by atoms with Gasteiger partial charge in [0, 0.05) is 25.4 Å². The van der Waals surface area contributed by atoms with Crippen LogP contribution in [0.5, 0.6) is 0 Å². The van der Waals surface area contributed by atoms with Gasteiger partial charge in [0.05, 0.1) is 0 Å². The van der Waals surface area contributed by atoms with Crippen LogP contribution in [0.3, 0.4) is 0 Å². The number of nitrogens with one attached hydrogen (secondary N) is 1. The molecule has 1 unspecified atom stereocenters. The number of hydrogen-bond donors (Lipinski definition) is 1. The first-order valence-electron chi connectivity index (χ1n) is 4.20. The fourth-order valence-corrected chi connectivity index (χ4v) is 2.78. The van der Waals surface area contributed by atoms with E-state index in [0.29, 0.717) is 6.54 Å². The summed E-state index contributed by atoms with van der Waals surface area (Å²) in [6.45, 7) is 3.95. The first-order valence-corrected chi connectivity index (χ1v) is 5.92. The van der Waals surface area contributed by atoms with Crippen LogP contribution in [-0.4, -0.2) is 51.1 Å². The highest BCUT2D eigenvalue weighted by atomic mass is 32.2. The van der Waals surface area contributed by atoms with Gasteiger partial charge in [0.1, 0.15) is 5.37 Å². The second kappa shape index (κ2) is 3.72. The van der Waals surface area contributed by atoms with Crippen molar-refractivity contribution in [3.63, 3.8) is 0 Å². The molecule has 72 valence electrons. The molecule has 0 bridgehead atoms. The smallest absolute Gasteiger partial charge is 0.167 e. The fraction of sp³-hybridized carbons (Fsp3) is 1.00. The molecule has 12 heavy (non-hydrogen) atoms. The summed E-state index contributed by atoms with van der Waals surface area (Å²) >= 11 is 0. The standard InChI is InChI=1S/C7H16N2O2S/c1-3-12(10,11)7-6-8-4-5-9(7)2/h7-8H,3-6H2,1-2H3. The van der Waals surface area contributed by atoms with Gasteiger partial charge in [-0.3, -0.25) is 4.90 Å². The van der Waals surface area contributed by atoms with E-state index in [0.717, 1.165) is 13.1 Å². The van der Waals surface area contributed by atoms with Gasteiger partial charge in [-0.2, -0.15) is 0 Å². The van der Waals surface area contributed by atoms with Crippen molar-refractivity contribution in [1.82, 2.24) is 10.2 Å². The van der Waals surface area contributed by atoms with E-state index in [1.54, 1.807) is 6.92 Å². The van der Waals surface area contributed by atoms with Gasteiger partial charge in [-0.25, -0.2) is 8.42 Å². The van der Waals surface area contributed by atoms with Gasteiger partial charge in [-0.15, -0.1) is 0 Å². The zero-order valence-electron chi connectivity index (χ0n) is 7.58. The normalized spacial score (nSPS) is 27.3. The minimum Gasteiger partial charge on any atom is -0.313 e. The lowest BCUT2D eigenvalue weighted by Crippen LogP contribution is -2.53. The van der Waals surface area contributed by atoms with Crippen molar-refractivity contribution >= 4 is 9.84 Å². The lowest BCUT2D eigenvalue weighted by atomic mass is 10.4. The molecule has 5 heteroatoms. The maximum atomic E-state index is 11.5. The van der Waals surface area contributed by atoms with Gasteiger partial charge in [-0.1, -0.05) is 6.92 Å². The van der Waals surface area contributed by atoms with Gasteiger partial charge in [0.15, 0.2) is 9.84 Å². The van der Waals surface area contributed by atoms with Crippen molar-refractivity contribution in [2.75, 3.05) is 32.4 Å². The van der Waals surface area contributed by atoms with E-state index < -0.39 is 9.84 Å². The molecule has 1 N–H and O–H groups in total. The Bertz CT molecular complexity index is 238. The Labute approximate surface area is 73.9 Å². The summed E-state index contributed by atoms with van der Waals surface area (Å²) in [5.41, 5.74) is 0. The van der Waals surface area contributed by atoms with E-state index in [1.165, 1.54) is 0 Å². The van der Waals surface area contributed by atoms with E-state index in [1.807, 2.05) is 11.9 Å². The molecule has 1 aliphatic heterocycles. The third-order valence-corrected chi connectivity index (χ3v) is 4.43. The summed E-state index contributed by atoms with van der Waals surface area (Å²) in [6.07, 6.45) is 0. The van der Waals surface area contributed by atoms with Crippen molar-refractivity contribution in [3.8, 4) is 0 Å². The molecule has 1 heterocycles. The monoisotopic (exact) mass is 192 g/mol. The number of rotatable bonds is 2. The first kappa shape index (κ1) is 9.95. The molecule has 1 fully saturated rings. The highest BCUT2D eigenvalue weighted by Crippen LogP contribution is 2.08. The summed E-state index contributed by atoms with van der Waals surface area (Å²) < 4.78 is 23.0. The summed E-state index contributed by atoms with van der Waals surface area (Å²) in [5.74, 6) is 0.226. The molecule has 0 aliphatic carbocycles.